The number of rotatable bonds is 2. The maximum Gasteiger partial charge on any atom is 0.309 e. The Kier molecular flexibility index (Phi) is 5.74. The molecule has 0 aliphatic heterocycles. The number of carbonyl (C=O) groups excluding carboxylic acids is 1. The third kappa shape index (κ3) is 3.30. The van der Waals surface area contributed by atoms with Gasteiger partial charge in [0.1, 0.15) is 6.10 Å². The van der Waals surface area contributed by atoms with Gasteiger partial charge >= 0.3 is 11.9 Å². The number of allylic oxidation sites excluding steroid dienone is 2. The summed E-state index contributed by atoms with van der Waals surface area (Å²) in [5.74, 6) is 0.760. The summed E-state index contributed by atoms with van der Waals surface area (Å²) in [6.07, 6.45) is 13.3. The van der Waals surface area contributed by atoms with E-state index in [2.05, 4.69) is 47.6 Å². The van der Waals surface area contributed by atoms with Crippen LogP contribution in [0.15, 0.2) is 11.6 Å². The van der Waals surface area contributed by atoms with Gasteiger partial charge in [0.2, 0.25) is 0 Å². The fraction of sp³-hybridized carbons (Fsp3) is 0.875. The molecule has 5 rings (SSSR count). The zero-order valence-electron chi connectivity index (χ0n) is 24.1. The van der Waals surface area contributed by atoms with Gasteiger partial charge in [0.25, 0.3) is 0 Å². The largest absolute Gasteiger partial charge is 0.481 e. The van der Waals surface area contributed by atoms with E-state index in [1.807, 2.05) is 6.92 Å². The molecular formula is C32H50O4. The normalized spacial score (nSPS) is 51.5. The predicted molar refractivity (Wildman–Crippen MR) is 142 cm³/mol. The maximum absolute atomic E-state index is 12.3. The molecule has 0 aromatic rings. The topological polar surface area (TPSA) is 63.6 Å². The van der Waals surface area contributed by atoms with Crippen LogP contribution in [0, 0.1) is 50.2 Å². The highest BCUT2D eigenvalue weighted by atomic mass is 16.5. The van der Waals surface area contributed by atoms with Crippen LogP contribution >= 0.6 is 0 Å². The van der Waals surface area contributed by atoms with E-state index in [4.69, 9.17) is 4.74 Å². The quantitative estimate of drug-likeness (QED) is 0.311. The van der Waals surface area contributed by atoms with E-state index >= 15 is 0 Å². The molecule has 0 bridgehead atoms. The smallest absolute Gasteiger partial charge is 0.309 e. The molecule has 0 amide bonds. The average molecular weight is 499 g/mol. The number of hydrogen-bond donors (Lipinski definition) is 1. The van der Waals surface area contributed by atoms with E-state index in [0.717, 1.165) is 38.5 Å². The van der Waals surface area contributed by atoms with Gasteiger partial charge in [-0.1, -0.05) is 53.2 Å². The first-order valence-corrected chi connectivity index (χ1v) is 14.6. The van der Waals surface area contributed by atoms with E-state index < -0.39 is 11.4 Å². The Morgan fingerprint density at radius 1 is 0.889 bits per heavy atom. The predicted octanol–water partition coefficient (Wildman–Crippen LogP) is 7.80. The van der Waals surface area contributed by atoms with Crippen LogP contribution in [0.25, 0.3) is 0 Å². The van der Waals surface area contributed by atoms with Crippen LogP contribution in [-0.2, 0) is 14.3 Å². The number of ether oxygens (including phenoxy) is 1. The fourth-order valence-electron chi connectivity index (χ4n) is 10.9. The van der Waals surface area contributed by atoms with Crippen molar-refractivity contribution >= 4 is 11.9 Å². The van der Waals surface area contributed by atoms with Crippen molar-refractivity contribution < 1.29 is 19.4 Å². The minimum atomic E-state index is -0.614. The number of hydrogen-bond acceptors (Lipinski definition) is 3. The Bertz CT molecular complexity index is 996. The fourth-order valence-corrected chi connectivity index (χ4v) is 10.9. The highest BCUT2D eigenvalue weighted by molar-refractivity contribution is 5.74. The standard InChI is InChI=1S/C32H50O4/c1-20(33)36-25-12-13-30(6)23(27(25,2)3)11-14-32(8)24(30)10-9-21-22-19-29(5,26(34)35)16-15-28(22,4)17-18-31(21,32)7/h9,22-25H,10-19H2,1-8H3,(H,34,35)/t22-,23-,24+,25-,28+,29-,30-,31+,32+/m0/s1. The van der Waals surface area contributed by atoms with Crippen LogP contribution in [0.5, 0.6) is 0 Å². The van der Waals surface area contributed by atoms with Crippen molar-refractivity contribution in [1.82, 2.24) is 0 Å². The van der Waals surface area contributed by atoms with Gasteiger partial charge in [-0.25, -0.2) is 0 Å². The third-order valence-electron chi connectivity index (χ3n) is 13.6. The zero-order chi connectivity index (χ0) is 26.5. The Morgan fingerprint density at radius 3 is 2.19 bits per heavy atom. The Balaban J connectivity index is 1.53. The van der Waals surface area contributed by atoms with Crippen molar-refractivity contribution in [2.75, 3.05) is 0 Å². The molecular weight excluding hydrogens is 448 g/mol. The van der Waals surface area contributed by atoms with Crippen LogP contribution in [-0.4, -0.2) is 23.1 Å². The van der Waals surface area contributed by atoms with E-state index in [1.54, 1.807) is 12.5 Å². The number of carboxylic acids is 1. The second-order valence-corrected chi connectivity index (χ2v) is 15.5. The molecule has 0 spiro atoms. The Hall–Kier alpha value is -1.32. The molecule has 0 saturated heterocycles. The van der Waals surface area contributed by atoms with Gasteiger partial charge < -0.3 is 9.84 Å². The van der Waals surface area contributed by atoms with Gasteiger partial charge in [-0.2, -0.15) is 0 Å². The number of carboxylic acid groups (broad SMARTS) is 1. The molecule has 5 aliphatic rings. The van der Waals surface area contributed by atoms with Gasteiger partial charge in [-0.05, 0) is 111 Å². The summed E-state index contributed by atoms with van der Waals surface area (Å²) in [4.78, 5) is 24.2. The summed E-state index contributed by atoms with van der Waals surface area (Å²) in [6.45, 7) is 18.4. The van der Waals surface area contributed by atoms with Crippen molar-refractivity contribution in [1.29, 1.82) is 0 Å². The van der Waals surface area contributed by atoms with Crippen molar-refractivity contribution in [3.8, 4) is 0 Å². The lowest BCUT2D eigenvalue weighted by Gasteiger charge is -2.71. The zero-order valence-corrected chi connectivity index (χ0v) is 24.1. The van der Waals surface area contributed by atoms with Gasteiger partial charge in [-0.15, -0.1) is 0 Å². The molecule has 0 heterocycles. The molecule has 0 aromatic carbocycles. The van der Waals surface area contributed by atoms with Gasteiger partial charge in [-0.3, -0.25) is 9.59 Å². The second kappa shape index (κ2) is 7.85. The summed E-state index contributed by atoms with van der Waals surface area (Å²) >= 11 is 0. The third-order valence-corrected chi connectivity index (χ3v) is 13.6. The van der Waals surface area contributed by atoms with Crippen molar-refractivity contribution in [3.63, 3.8) is 0 Å². The van der Waals surface area contributed by atoms with Gasteiger partial charge in [0.05, 0.1) is 5.41 Å². The van der Waals surface area contributed by atoms with E-state index in [0.29, 0.717) is 17.8 Å². The summed E-state index contributed by atoms with van der Waals surface area (Å²) in [7, 11) is 0. The molecule has 4 fully saturated rings. The summed E-state index contributed by atoms with van der Waals surface area (Å²) in [5.41, 5.74) is 1.77. The van der Waals surface area contributed by atoms with Crippen LogP contribution in [0.1, 0.15) is 120 Å². The molecule has 1 N–H and O–H groups in total. The molecule has 0 aromatic heterocycles. The van der Waals surface area contributed by atoms with Crippen molar-refractivity contribution in [3.05, 3.63) is 11.6 Å². The number of fused-ring (bicyclic) bond motifs is 7. The minimum absolute atomic E-state index is 0.00837. The second-order valence-electron chi connectivity index (χ2n) is 15.5. The maximum atomic E-state index is 12.3. The van der Waals surface area contributed by atoms with Crippen LogP contribution in [0.2, 0.25) is 0 Å². The van der Waals surface area contributed by atoms with Gasteiger partial charge in [0.15, 0.2) is 0 Å². The van der Waals surface area contributed by atoms with Crippen molar-refractivity contribution in [2.24, 2.45) is 50.2 Å². The van der Waals surface area contributed by atoms with Crippen LogP contribution in [0.4, 0.5) is 0 Å². The summed E-state index contributed by atoms with van der Waals surface area (Å²) < 4.78 is 5.88. The molecule has 4 heteroatoms. The van der Waals surface area contributed by atoms with E-state index in [1.165, 1.54) is 25.7 Å². The SMILES string of the molecule is CC(=O)O[C@H]1CC[C@]2(C)[C@H]3CC=C4[C@@H]5C[C@@](C)(C(=O)O)CC[C@]5(C)CC[C@@]4(C)[C@]3(C)CC[C@H]2C1(C)C. The Labute approximate surface area is 219 Å². The van der Waals surface area contributed by atoms with E-state index in [9.17, 15) is 14.7 Å². The first-order valence-electron chi connectivity index (χ1n) is 14.6. The lowest BCUT2D eigenvalue weighted by Crippen LogP contribution is -2.64. The average Bonchev–Trinajstić information content (AvgIpc) is 2.77. The monoisotopic (exact) mass is 498 g/mol. The highest BCUT2D eigenvalue weighted by Gasteiger charge is 2.68. The molecule has 36 heavy (non-hydrogen) atoms. The lowest BCUT2D eigenvalue weighted by molar-refractivity contribution is -0.212. The Morgan fingerprint density at radius 2 is 1.56 bits per heavy atom. The molecule has 0 unspecified atom stereocenters. The van der Waals surface area contributed by atoms with Crippen LogP contribution in [0.3, 0.4) is 0 Å². The summed E-state index contributed by atoms with van der Waals surface area (Å²) in [5, 5.41) is 10.1. The first kappa shape index (κ1) is 26.3. The number of carbonyl (C=O) groups is 2. The summed E-state index contributed by atoms with van der Waals surface area (Å²) in [6, 6.07) is 0. The van der Waals surface area contributed by atoms with E-state index in [-0.39, 0.29) is 39.1 Å². The molecule has 202 valence electrons. The number of esters is 1. The first-order chi connectivity index (χ1) is 16.5. The molecule has 5 aliphatic carbocycles. The molecule has 4 nitrogen and oxygen atoms in total. The molecule has 4 saturated carbocycles. The lowest BCUT2D eigenvalue weighted by atomic mass is 9.33. The molecule has 0 radical (unpaired) electrons. The van der Waals surface area contributed by atoms with Crippen LogP contribution < -0.4 is 0 Å². The minimum Gasteiger partial charge on any atom is -0.481 e. The number of aliphatic carboxylic acids is 1. The van der Waals surface area contributed by atoms with Gasteiger partial charge in [0, 0.05) is 12.3 Å². The molecule has 9 atom stereocenters. The van der Waals surface area contributed by atoms with Crippen molar-refractivity contribution in [2.45, 2.75) is 126 Å². The highest BCUT2D eigenvalue weighted by Crippen LogP contribution is 2.75.